The van der Waals surface area contributed by atoms with Crippen LogP contribution < -0.4 is 0 Å². The quantitative estimate of drug-likeness (QED) is 0.200. The highest BCUT2D eigenvalue weighted by Gasteiger charge is 2.49. The molecule has 0 saturated heterocycles. The van der Waals surface area contributed by atoms with Crippen LogP contribution in [0, 0.1) is 11.3 Å². The lowest BCUT2D eigenvalue weighted by Crippen LogP contribution is -2.50. The van der Waals surface area contributed by atoms with Crippen molar-refractivity contribution in [2.45, 2.75) is 83.2 Å². The van der Waals surface area contributed by atoms with Crippen molar-refractivity contribution in [3.63, 3.8) is 0 Å². The minimum Gasteiger partial charge on any atom is -0.411 e. The Morgan fingerprint density at radius 3 is 2.61 bits per heavy atom. The second kappa shape index (κ2) is 10.0. The first-order valence-corrected chi connectivity index (χ1v) is 13.7. The first-order chi connectivity index (χ1) is 13.2. The molecule has 0 aromatic carbocycles. The van der Waals surface area contributed by atoms with E-state index in [1.54, 1.807) is 7.11 Å². The van der Waals surface area contributed by atoms with Crippen LogP contribution in [0.3, 0.4) is 0 Å². The lowest BCUT2D eigenvalue weighted by molar-refractivity contribution is -0.153. The Balaban J connectivity index is 2.10. The zero-order valence-corrected chi connectivity index (χ0v) is 20.0. The third-order valence-corrected chi connectivity index (χ3v) is 11.6. The van der Waals surface area contributed by atoms with Gasteiger partial charge in [0, 0.05) is 12.5 Å². The predicted octanol–water partition coefficient (Wildman–Crippen LogP) is 5.71. The molecule has 0 spiro atoms. The molecule has 0 radical (unpaired) electrons. The zero-order valence-electron chi connectivity index (χ0n) is 19.0. The summed E-state index contributed by atoms with van der Waals surface area (Å²) in [6.07, 6.45) is 12.7. The molecule has 0 bridgehead atoms. The molecular formula is C23H42O4Si. The van der Waals surface area contributed by atoms with E-state index in [2.05, 4.69) is 58.7 Å². The molecule has 5 heteroatoms. The summed E-state index contributed by atoms with van der Waals surface area (Å²) in [5.74, 6) is 0.572. The van der Waals surface area contributed by atoms with E-state index in [9.17, 15) is 0 Å². The van der Waals surface area contributed by atoms with Crippen molar-refractivity contribution >= 4 is 8.32 Å². The summed E-state index contributed by atoms with van der Waals surface area (Å²) in [5.41, 5.74) is 0.0257. The highest BCUT2D eigenvalue weighted by atomic mass is 28.4. The Bertz CT molecular complexity index is 525. The largest absolute Gasteiger partial charge is 0.411 e. The number of methoxy groups -OCH3 is 1. The van der Waals surface area contributed by atoms with Gasteiger partial charge < -0.3 is 18.6 Å². The molecule has 2 rings (SSSR count). The highest BCUT2D eigenvalue weighted by molar-refractivity contribution is 6.74. The first-order valence-electron chi connectivity index (χ1n) is 10.8. The SMILES string of the molecule is C=CC[C@@]12C=C[C@@H](O[Si](C)(C)C(C)(C)C)C[C@H]1CCC[C@H]2OCOCCOC. The fourth-order valence-electron chi connectivity index (χ4n) is 4.40. The maximum atomic E-state index is 6.72. The van der Waals surface area contributed by atoms with Gasteiger partial charge in [-0.25, -0.2) is 0 Å². The van der Waals surface area contributed by atoms with Crippen LogP contribution >= 0.6 is 0 Å². The van der Waals surface area contributed by atoms with Gasteiger partial charge in [-0.1, -0.05) is 45.4 Å². The Morgan fingerprint density at radius 1 is 1.21 bits per heavy atom. The average molecular weight is 411 g/mol. The second-order valence-electron chi connectivity index (χ2n) is 9.92. The summed E-state index contributed by atoms with van der Waals surface area (Å²) in [7, 11) is -0.0924. The molecule has 0 aromatic heterocycles. The van der Waals surface area contributed by atoms with E-state index >= 15 is 0 Å². The second-order valence-corrected chi connectivity index (χ2v) is 14.7. The molecule has 0 amide bonds. The standard InChI is InChI=1S/C23H42O4Si/c1-8-13-23-14-12-20(27-28(6,7)22(2,3)4)17-19(23)10-9-11-21(23)26-18-25-16-15-24-5/h8,12,14,19-21H,1,9-11,13,15-18H2,2-7H3/t19-,20-,21-,23-/m1/s1. The molecule has 4 atom stereocenters. The van der Waals surface area contributed by atoms with Crippen LogP contribution in [0.2, 0.25) is 18.1 Å². The Morgan fingerprint density at radius 2 is 1.96 bits per heavy atom. The summed E-state index contributed by atoms with van der Waals surface area (Å²) < 4.78 is 23.6. The molecule has 0 aromatic rings. The molecule has 2 aliphatic carbocycles. The van der Waals surface area contributed by atoms with E-state index in [1.165, 1.54) is 12.8 Å². The van der Waals surface area contributed by atoms with Gasteiger partial charge in [0.1, 0.15) is 6.79 Å². The maximum absolute atomic E-state index is 6.72. The predicted molar refractivity (Wildman–Crippen MR) is 118 cm³/mol. The minimum absolute atomic E-state index is 0.0257. The van der Waals surface area contributed by atoms with E-state index < -0.39 is 8.32 Å². The zero-order chi connectivity index (χ0) is 20.8. The van der Waals surface area contributed by atoms with Crippen molar-refractivity contribution in [1.29, 1.82) is 0 Å². The van der Waals surface area contributed by atoms with Crippen molar-refractivity contribution in [3.05, 3.63) is 24.8 Å². The fraction of sp³-hybridized carbons (Fsp3) is 0.826. The molecule has 1 saturated carbocycles. The van der Waals surface area contributed by atoms with Gasteiger partial charge in [0.15, 0.2) is 8.32 Å². The smallest absolute Gasteiger partial charge is 0.192 e. The number of hydrogen-bond acceptors (Lipinski definition) is 4. The van der Waals surface area contributed by atoms with Crippen molar-refractivity contribution in [2.24, 2.45) is 11.3 Å². The molecule has 162 valence electrons. The van der Waals surface area contributed by atoms with Gasteiger partial charge in [0.05, 0.1) is 25.4 Å². The number of ether oxygens (including phenoxy) is 3. The van der Waals surface area contributed by atoms with Crippen LogP contribution in [0.25, 0.3) is 0 Å². The lowest BCUT2D eigenvalue weighted by Gasteiger charge is -2.51. The van der Waals surface area contributed by atoms with E-state index in [0.29, 0.717) is 25.9 Å². The van der Waals surface area contributed by atoms with Gasteiger partial charge in [0.25, 0.3) is 0 Å². The number of rotatable bonds is 10. The van der Waals surface area contributed by atoms with Gasteiger partial charge in [-0.05, 0) is 49.7 Å². The Labute approximate surface area is 173 Å². The number of hydrogen-bond donors (Lipinski definition) is 0. The Kier molecular flexibility index (Phi) is 8.53. The van der Waals surface area contributed by atoms with Gasteiger partial charge in [0.2, 0.25) is 0 Å². The lowest BCUT2D eigenvalue weighted by atomic mass is 9.59. The van der Waals surface area contributed by atoms with Crippen LogP contribution in [0.1, 0.15) is 52.9 Å². The van der Waals surface area contributed by atoms with Crippen LogP contribution in [-0.4, -0.2) is 47.6 Å². The van der Waals surface area contributed by atoms with Gasteiger partial charge in [-0.3, -0.25) is 0 Å². The number of fused-ring (bicyclic) bond motifs is 1. The van der Waals surface area contributed by atoms with E-state index in [-0.39, 0.29) is 22.7 Å². The molecular weight excluding hydrogens is 368 g/mol. The molecule has 0 aliphatic heterocycles. The topological polar surface area (TPSA) is 36.9 Å². The summed E-state index contributed by atoms with van der Waals surface area (Å²) in [6, 6.07) is 0. The summed E-state index contributed by atoms with van der Waals surface area (Å²) >= 11 is 0. The van der Waals surface area contributed by atoms with Crippen molar-refractivity contribution < 1.29 is 18.6 Å². The fourth-order valence-corrected chi connectivity index (χ4v) is 5.69. The summed E-state index contributed by atoms with van der Waals surface area (Å²) in [4.78, 5) is 0. The minimum atomic E-state index is -1.78. The third kappa shape index (κ3) is 5.57. The monoisotopic (exact) mass is 410 g/mol. The summed E-state index contributed by atoms with van der Waals surface area (Å²) in [6.45, 7) is 17.2. The van der Waals surface area contributed by atoms with Crippen LogP contribution in [0.15, 0.2) is 24.8 Å². The molecule has 1 fully saturated rings. The number of allylic oxidation sites excluding steroid dienone is 1. The van der Waals surface area contributed by atoms with Crippen molar-refractivity contribution in [1.82, 2.24) is 0 Å². The third-order valence-electron chi connectivity index (χ3n) is 7.05. The van der Waals surface area contributed by atoms with Crippen LogP contribution in [-0.2, 0) is 18.6 Å². The van der Waals surface area contributed by atoms with Crippen molar-refractivity contribution in [2.75, 3.05) is 27.1 Å². The van der Waals surface area contributed by atoms with Crippen molar-refractivity contribution in [3.8, 4) is 0 Å². The average Bonchev–Trinajstić information content (AvgIpc) is 2.61. The summed E-state index contributed by atoms with van der Waals surface area (Å²) in [5, 5.41) is 0.230. The highest BCUT2D eigenvalue weighted by Crippen LogP contribution is 2.52. The molecule has 28 heavy (non-hydrogen) atoms. The van der Waals surface area contributed by atoms with Crippen LogP contribution in [0.5, 0.6) is 0 Å². The van der Waals surface area contributed by atoms with Gasteiger partial charge in [-0.2, -0.15) is 0 Å². The molecule has 4 nitrogen and oxygen atoms in total. The van der Waals surface area contributed by atoms with Gasteiger partial charge in [-0.15, -0.1) is 6.58 Å². The molecule has 0 heterocycles. The van der Waals surface area contributed by atoms with Crippen LogP contribution in [0.4, 0.5) is 0 Å². The molecule has 0 N–H and O–H groups in total. The normalized spacial score (nSPS) is 30.9. The Hall–Kier alpha value is -0.463. The first kappa shape index (κ1) is 23.8. The van der Waals surface area contributed by atoms with E-state index in [4.69, 9.17) is 18.6 Å². The van der Waals surface area contributed by atoms with E-state index in [0.717, 1.165) is 19.3 Å². The molecule has 0 unspecified atom stereocenters. The molecule has 2 aliphatic rings. The van der Waals surface area contributed by atoms with Gasteiger partial charge >= 0.3 is 0 Å². The maximum Gasteiger partial charge on any atom is 0.192 e. The van der Waals surface area contributed by atoms with E-state index in [1.807, 2.05) is 0 Å².